The Bertz CT molecular complexity index is 747. The third kappa shape index (κ3) is 2.44. The van der Waals surface area contributed by atoms with Gasteiger partial charge in [0.05, 0.1) is 11.1 Å². The minimum Gasteiger partial charge on any atom is -0.207 e. The fourth-order valence-electron chi connectivity index (χ4n) is 2.15. The average Bonchev–Trinajstić information content (AvgIpc) is 3.20. The molecule has 1 heterocycles. The summed E-state index contributed by atoms with van der Waals surface area (Å²) in [5, 5.41) is 0.565. The first-order chi connectivity index (χ1) is 9.50. The first-order valence-electron chi connectivity index (χ1n) is 6.02. The summed E-state index contributed by atoms with van der Waals surface area (Å²) < 4.78 is 26.4. The molecule has 0 saturated carbocycles. The molecular formula is C14H11Cl2NO2S. The van der Waals surface area contributed by atoms with E-state index in [9.17, 15) is 8.42 Å². The van der Waals surface area contributed by atoms with E-state index in [1.165, 1.54) is 22.5 Å². The Morgan fingerprint density at radius 3 is 2.40 bits per heavy atom. The minimum absolute atomic E-state index is 0.0991. The maximum atomic E-state index is 12.5. The fraction of sp³-hybridized carbons (Fsp3) is 0.143. The van der Waals surface area contributed by atoms with Crippen molar-refractivity contribution in [3.05, 3.63) is 64.1 Å². The van der Waals surface area contributed by atoms with E-state index in [1.54, 1.807) is 0 Å². The van der Waals surface area contributed by atoms with Crippen LogP contribution >= 0.6 is 23.2 Å². The summed E-state index contributed by atoms with van der Waals surface area (Å²) >= 11 is 11.8. The van der Waals surface area contributed by atoms with Crippen LogP contribution in [0, 0.1) is 0 Å². The summed E-state index contributed by atoms with van der Waals surface area (Å²) in [4.78, 5) is 0.0991. The highest BCUT2D eigenvalue weighted by Crippen LogP contribution is 2.41. The van der Waals surface area contributed by atoms with Gasteiger partial charge in [-0.1, -0.05) is 53.5 Å². The predicted octanol–water partition coefficient (Wildman–Crippen LogP) is 3.74. The van der Waals surface area contributed by atoms with E-state index >= 15 is 0 Å². The van der Waals surface area contributed by atoms with Crippen LogP contribution in [0.5, 0.6) is 0 Å². The number of benzene rings is 2. The second-order valence-corrected chi connectivity index (χ2v) is 7.28. The molecule has 6 heteroatoms. The number of hydrogen-bond acceptors (Lipinski definition) is 2. The molecular weight excluding hydrogens is 317 g/mol. The Morgan fingerprint density at radius 1 is 1.05 bits per heavy atom. The number of hydrogen-bond donors (Lipinski definition) is 0. The summed E-state index contributed by atoms with van der Waals surface area (Å²) in [6.45, 7) is 0.477. The molecule has 3 nitrogen and oxygen atoms in total. The highest BCUT2D eigenvalue weighted by molar-refractivity contribution is 7.89. The van der Waals surface area contributed by atoms with Gasteiger partial charge in [-0.15, -0.1) is 0 Å². The van der Waals surface area contributed by atoms with Crippen molar-refractivity contribution in [3.63, 3.8) is 0 Å². The Balaban J connectivity index is 1.91. The third-order valence-electron chi connectivity index (χ3n) is 3.23. The van der Waals surface area contributed by atoms with Gasteiger partial charge in [0.15, 0.2) is 0 Å². The van der Waals surface area contributed by atoms with Crippen LogP contribution in [-0.2, 0) is 10.0 Å². The van der Waals surface area contributed by atoms with Crippen molar-refractivity contribution in [2.45, 2.75) is 10.9 Å². The molecule has 0 N–H and O–H groups in total. The van der Waals surface area contributed by atoms with Crippen molar-refractivity contribution in [2.24, 2.45) is 0 Å². The Hall–Kier alpha value is -1.07. The van der Waals surface area contributed by atoms with Gasteiger partial charge in [0.1, 0.15) is 4.90 Å². The van der Waals surface area contributed by atoms with Gasteiger partial charge in [0.2, 0.25) is 10.0 Å². The lowest BCUT2D eigenvalue weighted by Gasteiger charge is -2.08. The van der Waals surface area contributed by atoms with E-state index < -0.39 is 10.0 Å². The first-order valence-corrected chi connectivity index (χ1v) is 8.21. The third-order valence-corrected chi connectivity index (χ3v) is 5.82. The van der Waals surface area contributed by atoms with Gasteiger partial charge in [-0.05, 0) is 23.8 Å². The normalized spacial score (nSPS) is 21.7. The Kier molecular flexibility index (Phi) is 3.50. The predicted molar refractivity (Wildman–Crippen MR) is 79.5 cm³/mol. The van der Waals surface area contributed by atoms with E-state index in [0.717, 1.165) is 5.56 Å². The largest absolute Gasteiger partial charge is 0.245 e. The van der Waals surface area contributed by atoms with Gasteiger partial charge in [-0.3, -0.25) is 0 Å². The Labute approximate surface area is 127 Å². The highest BCUT2D eigenvalue weighted by Gasteiger charge is 2.46. The van der Waals surface area contributed by atoms with Crippen molar-refractivity contribution in [3.8, 4) is 0 Å². The second-order valence-electron chi connectivity index (χ2n) is 4.58. The molecule has 0 radical (unpaired) electrons. The molecule has 2 atom stereocenters. The topological polar surface area (TPSA) is 37.1 Å². The molecule has 1 aliphatic heterocycles. The lowest BCUT2D eigenvalue weighted by atomic mass is 10.2. The van der Waals surface area contributed by atoms with Gasteiger partial charge in [-0.25, -0.2) is 8.42 Å². The molecule has 20 heavy (non-hydrogen) atoms. The average molecular weight is 328 g/mol. The number of rotatable bonds is 3. The van der Waals surface area contributed by atoms with Crippen LogP contribution in [-0.4, -0.2) is 19.3 Å². The zero-order valence-corrected chi connectivity index (χ0v) is 12.7. The monoisotopic (exact) mass is 327 g/mol. The Morgan fingerprint density at radius 2 is 1.75 bits per heavy atom. The lowest BCUT2D eigenvalue weighted by Crippen LogP contribution is -2.13. The number of halogens is 2. The minimum atomic E-state index is -3.57. The zero-order chi connectivity index (χ0) is 14.3. The molecule has 0 aromatic heterocycles. The lowest BCUT2D eigenvalue weighted by molar-refractivity contribution is 0.554. The first kappa shape index (κ1) is 13.9. The van der Waals surface area contributed by atoms with Gasteiger partial charge in [-0.2, -0.15) is 4.31 Å². The summed E-state index contributed by atoms with van der Waals surface area (Å²) in [5.74, 6) is 0. The van der Waals surface area contributed by atoms with E-state index in [2.05, 4.69) is 0 Å². The quantitative estimate of drug-likeness (QED) is 0.805. The van der Waals surface area contributed by atoms with Gasteiger partial charge >= 0.3 is 0 Å². The maximum absolute atomic E-state index is 12.5. The van der Waals surface area contributed by atoms with E-state index in [0.29, 0.717) is 11.6 Å². The van der Waals surface area contributed by atoms with Crippen LogP contribution in [0.15, 0.2) is 53.4 Å². The molecule has 0 spiro atoms. The molecule has 2 unspecified atom stereocenters. The summed E-state index contributed by atoms with van der Waals surface area (Å²) in [6.07, 6.45) is 0. The number of sulfonamides is 1. The van der Waals surface area contributed by atoms with Crippen LogP contribution in [0.25, 0.3) is 0 Å². The maximum Gasteiger partial charge on any atom is 0.245 e. The molecule has 2 aromatic carbocycles. The second kappa shape index (κ2) is 5.04. The molecule has 3 rings (SSSR count). The highest BCUT2D eigenvalue weighted by atomic mass is 35.5. The SMILES string of the molecule is O=S(=O)(c1ccc(Cl)cc1Cl)N1CC1c1ccccc1. The molecule has 1 aliphatic rings. The van der Waals surface area contributed by atoms with Gasteiger partial charge in [0, 0.05) is 11.6 Å². The van der Waals surface area contributed by atoms with Crippen LogP contribution in [0.2, 0.25) is 10.0 Å². The molecule has 2 aromatic rings. The van der Waals surface area contributed by atoms with Crippen LogP contribution in [0.3, 0.4) is 0 Å². The number of nitrogens with zero attached hydrogens (tertiary/aromatic N) is 1. The van der Waals surface area contributed by atoms with Crippen molar-refractivity contribution < 1.29 is 8.42 Å². The molecule has 1 fully saturated rings. The summed E-state index contributed by atoms with van der Waals surface area (Å²) in [7, 11) is -3.57. The summed E-state index contributed by atoms with van der Waals surface area (Å²) in [5.41, 5.74) is 0.987. The molecule has 0 amide bonds. The molecule has 0 bridgehead atoms. The van der Waals surface area contributed by atoms with E-state index in [4.69, 9.17) is 23.2 Å². The van der Waals surface area contributed by atoms with E-state index in [1.807, 2.05) is 30.3 Å². The van der Waals surface area contributed by atoms with Crippen molar-refractivity contribution >= 4 is 33.2 Å². The molecule has 104 valence electrons. The van der Waals surface area contributed by atoms with Crippen molar-refractivity contribution in [1.82, 2.24) is 4.31 Å². The van der Waals surface area contributed by atoms with Crippen LogP contribution < -0.4 is 0 Å². The summed E-state index contributed by atoms with van der Waals surface area (Å²) in [6, 6.07) is 13.8. The fourth-order valence-corrected chi connectivity index (χ4v) is 4.44. The van der Waals surface area contributed by atoms with Crippen molar-refractivity contribution in [2.75, 3.05) is 6.54 Å². The molecule has 1 saturated heterocycles. The van der Waals surface area contributed by atoms with Crippen LogP contribution in [0.4, 0.5) is 0 Å². The van der Waals surface area contributed by atoms with Crippen LogP contribution in [0.1, 0.15) is 11.6 Å². The van der Waals surface area contributed by atoms with E-state index in [-0.39, 0.29) is 16.0 Å². The van der Waals surface area contributed by atoms with Crippen molar-refractivity contribution in [1.29, 1.82) is 0 Å². The van der Waals surface area contributed by atoms with Gasteiger partial charge in [0.25, 0.3) is 0 Å². The smallest absolute Gasteiger partial charge is 0.207 e. The zero-order valence-electron chi connectivity index (χ0n) is 10.3. The standard InChI is InChI=1S/C14H11Cl2NO2S/c15-11-6-7-14(12(16)8-11)20(18,19)17-9-13(17)10-4-2-1-3-5-10/h1-8,13H,9H2. The van der Waals surface area contributed by atoms with Gasteiger partial charge < -0.3 is 0 Å². The molecule has 0 aliphatic carbocycles.